The van der Waals surface area contributed by atoms with Crippen molar-refractivity contribution < 1.29 is 36.2 Å². The lowest BCUT2D eigenvalue weighted by atomic mass is 10.0. The van der Waals surface area contributed by atoms with Crippen LogP contribution in [0.15, 0.2) is 29.1 Å². The van der Waals surface area contributed by atoms with Crippen molar-refractivity contribution in [3.63, 3.8) is 0 Å². The number of halogens is 5. The van der Waals surface area contributed by atoms with Gasteiger partial charge in [0, 0.05) is 9.13 Å². The molecule has 2 aromatic rings. The maximum Gasteiger partial charge on any atom is 0.406 e. The molecular weight excluding hydrogens is 609 g/mol. The smallest absolute Gasteiger partial charge is 0.394 e. The van der Waals surface area contributed by atoms with E-state index in [0.29, 0.717) is 3.57 Å². The molecule has 0 radical (unpaired) electrons. The van der Waals surface area contributed by atoms with Gasteiger partial charge < -0.3 is 15.5 Å². The number of aryl methyl sites for hydroxylation is 1. The molecule has 0 amide bonds. The van der Waals surface area contributed by atoms with E-state index in [2.05, 4.69) is 10.0 Å². The van der Waals surface area contributed by atoms with E-state index in [1.54, 1.807) is 0 Å². The molecule has 2 unspecified atom stereocenters. The fourth-order valence-electron chi connectivity index (χ4n) is 3.34. The van der Waals surface area contributed by atoms with Crippen LogP contribution in [0.2, 0.25) is 0 Å². The monoisotopic (exact) mass is 635 g/mol. The second-order valence-electron chi connectivity index (χ2n) is 8.29. The van der Waals surface area contributed by atoms with Crippen molar-refractivity contribution in [3.8, 4) is 0 Å². The van der Waals surface area contributed by atoms with Crippen molar-refractivity contribution in [2.24, 2.45) is 0 Å². The minimum Gasteiger partial charge on any atom is -0.394 e. The number of sulfonamides is 1. The van der Waals surface area contributed by atoms with Crippen molar-refractivity contribution in [2.75, 3.05) is 16.6 Å². The highest BCUT2D eigenvalue weighted by atomic mass is 127. The van der Waals surface area contributed by atoms with Crippen LogP contribution in [0.4, 0.5) is 34.8 Å². The van der Waals surface area contributed by atoms with E-state index >= 15 is 0 Å². The van der Waals surface area contributed by atoms with Crippen molar-refractivity contribution >= 4 is 49.8 Å². The molecule has 0 spiro atoms. The number of benzene rings is 1. The first kappa shape index (κ1) is 29.3. The number of nitrogens with one attached hydrogen (secondary N) is 2. The Kier molecular flexibility index (Phi) is 9.22. The molecular formula is C21H26F4IN3O5S. The van der Waals surface area contributed by atoms with Crippen LogP contribution in [0.3, 0.4) is 0 Å². The SMILES string of the molecule is CCC(C)(CC(O)CO)S(=O)(=O)Nc1cc(C)c(=O)n(CC(F)(F)F)c1Nc1ccc(I)cc1F. The van der Waals surface area contributed by atoms with E-state index < -0.39 is 63.1 Å². The van der Waals surface area contributed by atoms with Gasteiger partial charge >= 0.3 is 6.18 Å². The number of pyridine rings is 1. The van der Waals surface area contributed by atoms with E-state index in [4.69, 9.17) is 5.11 Å². The number of aromatic nitrogens is 1. The van der Waals surface area contributed by atoms with Crippen molar-refractivity contribution in [1.82, 2.24) is 4.57 Å². The molecule has 2 rings (SSSR count). The largest absolute Gasteiger partial charge is 0.406 e. The lowest BCUT2D eigenvalue weighted by molar-refractivity contribution is -0.140. The van der Waals surface area contributed by atoms with Gasteiger partial charge in [-0.1, -0.05) is 6.92 Å². The molecule has 1 aromatic heterocycles. The second-order valence-corrected chi connectivity index (χ2v) is 11.7. The molecule has 0 aliphatic carbocycles. The van der Waals surface area contributed by atoms with Gasteiger partial charge in [0.05, 0.1) is 28.8 Å². The predicted molar refractivity (Wildman–Crippen MR) is 133 cm³/mol. The summed E-state index contributed by atoms with van der Waals surface area (Å²) in [6.45, 7) is 1.60. The fourth-order valence-corrected chi connectivity index (χ4v) is 5.28. The molecule has 8 nitrogen and oxygen atoms in total. The summed E-state index contributed by atoms with van der Waals surface area (Å²) in [6, 6.07) is 4.88. The highest BCUT2D eigenvalue weighted by molar-refractivity contribution is 14.1. The first-order valence-corrected chi connectivity index (χ1v) is 12.9. The molecule has 1 aromatic carbocycles. The van der Waals surface area contributed by atoms with Crippen LogP contribution < -0.4 is 15.6 Å². The van der Waals surface area contributed by atoms with Crippen LogP contribution in [0, 0.1) is 16.3 Å². The molecule has 196 valence electrons. The summed E-state index contributed by atoms with van der Waals surface area (Å²) in [6.07, 6.45) is -6.60. The number of aliphatic hydroxyl groups is 2. The summed E-state index contributed by atoms with van der Waals surface area (Å²) in [5.41, 5.74) is -1.93. The molecule has 0 aliphatic heterocycles. The summed E-state index contributed by atoms with van der Waals surface area (Å²) < 4.78 is 82.5. The van der Waals surface area contributed by atoms with E-state index in [0.717, 1.165) is 12.1 Å². The molecule has 35 heavy (non-hydrogen) atoms. The molecule has 0 fully saturated rings. The van der Waals surface area contributed by atoms with Crippen LogP contribution >= 0.6 is 22.6 Å². The van der Waals surface area contributed by atoms with Crippen LogP contribution in [0.25, 0.3) is 0 Å². The van der Waals surface area contributed by atoms with Gasteiger partial charge in [0.15, 0.2) is 0 Å². The molecule has 0 aliphatic rings. The molecule has 0 saturated heterocycles. The number of hydrogen-bond acceptors (Lipinski definition) is 6. The lowest BCUT2D eigenvalue weighted by Crippen LogP contribution is -2.43. The Labute approximate surface area is 213 Å². The average Bonchev–Trinajstić information content (AvgIpc) is 2.74. The Hall–Kier alpha value is -1.91. The third-order valence-electron chi connectivity index (χ3n) is 5.51. The first-order chi connectivity index (χ1) is 16.0. The summed E-state index contributed by atoms with van der Waals surface area (Å²) in [5.74, 6) is -1.44. The van der Waals surface area contributed by atoms with Gasteiger partial charge in [-0.3, -0.25) is 14.1 Å². The van der Waals surface area contributed by atoms with Gasteiger partial charge in [0.1, 0.15) is 18.2 Å². The van der Waals surface area contributed by atoms with E-state index in [1.165, 1.54) is 32.9 Å². The standard InChI is InChI=1S/C21H26F4IN3O5S/c1-4-20(3,9-14(31)10-30)35(33,34)28-17-7-12(2)19(32)29(11-21(23,24)25)18(17)27-16-6-5-13(26)8-15(16)22/h5-8,14,27-28,30-31H,4,9-11H2,1-3H3. The van der Waals surface area contributed by atoms with Crippen LogP contribution in [0.1, 0.15) is 32.3 Å². The molecule has 0 bridgehead atoms. The molecule has 1 heterocycles. The third-order valence-corrected chi connectivity index (χ3v) is 8.42. The Morgan fingerprint density at radius 1 is 1.20 bits per heavy atom. The van der Waals surface area contributed by atoms with Crippen LogP contribution in [0.5, 0.6) is 0 Å². The average molecular weight is 635 g/mol. The molecule has 4 N–H and O–H groups in total. The number of aliphatic hydroxyl groups excluding tert-OH is 2. The number of anilines is 3. The van der Waals surface area contributed by atoms with Gasteiger partial charge in [-0.05, 0) is 73.5 Å². The highest BCUT2D eigenvalue weighted by Crippen LogP contribution is 2.34. The fraction of sp³-hybridized carbons (Fsp3) is 0.476. The highest BCUT2D eigenvalue weighted by Gasteiger charge is 2.40. The molecule has 2 atom stereocenters. The zero-order valence-electron chi connectivity index (χ0n) is 19.1. The normalized spacial score (nSPS) is 14.9. The number of alkyl halides is 3. The second kappa shape index (κ2) is 11.0. The van der Waals surface area contributed by atoms with E-state index in [-0.39, 0.29) is 28.7 Å². The summed E-state index contributed by atoms with van der Waals surface area (Å²) >= 11 is 1.84. The Morgan fingerprint density at radius 3 is 2.34 bits per heavy atom. The topological polar surface area (TPSA) is 121 Å². The minimum atomic E-state index is -4.85. The van der Waals surface area contributed by atoms with Gasteiger partial charge in [0.2, 0.25) is 10.0 Å². The number of rotatable bonds is 10. The van der Waals surface area contributed by atoms with Crippen molar-refractivity contribution in [1.29, 1.82) is 0 Å². The van der Waals surface area contributed by atoms with Crippen LogP contribution in [-0.2, 0) is 16.6 Å². The first-order valence-electron chi connectivity index (χ1n) is 10.4. The predicted octanol–water partition coefficient (Wildman–Crippen LogP) is 3.86. The zero-order valence-corrected chi connectivity index (χ0v) is 22.1. The minimum absolute atomic E-state index is 0.0188. The van der Waals surface area contributed by atoms with Gasteiger partial charge in [0.25, 0.3) is 5.56 Å². The Morgan fingerprint density at radius 2 is 1.83 bits per heavy atom. The molecule has 14 heteroatoms. The maximum atomic E-state index is 14.5. The molecule has 0 saturated carbocycles. The number of nitrogens with zero attached hydrogens (tertiary/aromatic N) is 1. The summed E-state index contributed by atoms with van der Waals surface area (Å²) in [7, 11) is -4.40. The van der Waals surface area contributed by atoms with Gasteiger partial charge in [-0.2, -0.15) is 13.2 Å². The third kappa shape index (κ3) is 7.07. The van der Waals surface area contributed by atoms with Crippen LogP contribution in [-0.4, -0.2) is 46.8 Å². The van der Waals surface area contributed by atoms with E-state index in [9.17, 15) is 35.9 Å². The van der Waals surface area contributed by atoms with Gasteiger partial charge in [-0.25, -0.2) is 12.8 Å². The number of hydrogen-bond donors (Lipinski definition) is 4. The summed E-state index contributed by atoms with van der Waals surface area (Å²) in [5, 5.41) is 21.4. The Bertz CT molecular complexity index is 1240. The Balaban J connectivity index is 2.73. The summed E-state index contributed by atoms with van der Waals surface area (Å²) in [4.78, 5) is 12.6. The lowest BCUT2D eigenvalue weighted by Gasteiger charge is -2.31. The maximum absolute atomic E-state index is 14.5. The zero-order chi connectivity index (χ0) is 26.8. The van der Waals surface area contributed by atoms with Gasteiger partial charge in [-0.15, -0.1) is 0 Å². The van der Waals surface area contributed by atoms with Crippen molar-refractivity contribution in [3.05, 3.63) is 49.6 Å². The quantitative estimate of drug-likeness (QED) is 0.233. The van der Waals surface area contributed by atoms with Crippen molar-refractivity contribution in [2.45, 2.75) is 57.2 Å². The van der Waals surface area contributed by atoms with E-state index in [1.807, 2.05) is 22.6 Å².